The molecule has 1 aliphatic rings. The topological polar surface area (TPSA) is 76.6 Å². The van der Waals surface area contributed by atoms with Crippen molar-refractivity contribution in [3.8, 4) is 5.88 Å². The Balaban J connectivity index is 1.80. The minimum Gasteiger partial charge on any atom is -0.474 e. The predicted octanol–water partition coefficient (Wildman–Crippen LogP) is 2.28. The molecule has 1 saturated heterocycles. The number of Topliss-reactive ketones (excluding diaryl/α,β-unsaturated/α-hetero) is 1. The number of aromatic nitrogens is 1. The summed E-state index contributed by atoms with van der Waals surface area (Å²) in [5.41, 5.74) is 0. The van der Waals surface area contributed by atoms with E-state index >= 15 is 0 Å². The first-order valence-electron chi connectivity index (χ1n) is 7.62. The first kappa shape index (κ1) is 18.2. The molecule has 1 aliphatic heterocycles. The van der Waals surface area contributed by atoms with Crippen LogP contribution >= 0.6 is 11.6 Å². The Bertz CT molecular complexity index is 625. The van der Waals surface area contributed by atoms with Gasteiger partial charge in [0, 0.05) is 31.8 Å². The maximum Gasteiger partial charge on any atom is 0.214 e. The molecule has 0 atom stereocenters. The Morgan fingerprint density at radius 2 is 2.09 bits per heavy atom. The summed E-state index contributed by atoms with van der Waals surface area (Å²) in [6.45, 7) is 2.33. The number of pyridine rings is 1. The van der Waals surface area contributed by atoms with E-state index in [9.17, 15) is 13.2 Å². The van der Waals surface area contributed by atoms with Crippen LogP contribution in [-0.2, 0) is 14.8 Å². The quantitative estimate of drug-likeness (QED) is 0.745. The monoisotopic (exact) mass is 360 g/mol. The fourth-order valence-corrected chi connectivity index (χ4v) is 4.11. The largest absolute Gasteiger partial charge is 0.474 e. The van der Waals surface area contributed by atoms with Gasteiger partial charge in [-0.25, -0.2) is 17.7 Å². The lowest BCUT2D eigenvalue weighted by molar-refractivity contribution is -0.117. The van der Waals surface area contributed by atoms with Crippen molar-refractivity contribution in [3.05, 3.63) is 23.4 Å². The molecule has 1 aromatic heterocycles. The average Bonchev–Trinajstić information content (AvgIpc) is 2.49. The Kier molecular flexibility index (Phi) is 6.38. The van der Waals surface area contributed by atoms with E-state index in [1.54, 1.807) is 12.1 Å². The van der Waals surface area contributed by atoms with Crippen LogP contribution in [-0.4, -0.2) is 48.4 Å². The highest BCUT2D eigenvalue weighted by molar-refractivity contribution is 7.89. The Labute approximate surface area is 141 Å². The zero-order chi connectivity index (χ0) is 16.9. The van der Waals surface area contributed by atoms with E-state index < -0.39 is 10.0 Å². The van der Waals surface area contributed by atoms with Crippen molar-refractivity contribution in [3.63, 3.8) is 0 Å². The zero-order valence-electron chi connectivity index (χ0n) is 13.1. The van der Waals surface area contributed by atoms with Crippen molar-refractivity contribution in [1.29, 1.82) is 0 Å². The highest BCUT2D eigenvalue weighted by atomic mass is 35.5. The molecule has 0 saturated carbocycles. The van der Waals surface area contributed by atoms with Crippen LogP contribution < -0.4 is 4.74 Å². The molecule has 0 aliphatic carbocycles. The number of ether oxygens (including phenoxy) is 1. The average molecular weight is 361 g/mol. The van der Waals surface area contributed by atoms with Crippen LogP contribution in [0.25, 0.3) is 0 Å². The summed E-state index contributed by atoms with van der Waals surface area (Å²) < 4.78 is 31.7. The van der Waals surface area contributed by atoms with Crippen LogP contribution in [0.2, 0.25) is 5.02 Å². The van der Waals surface area contributed by atoms with Crippen LogP contribution in [0.4, 0.5) is 0 Å². The van der Waals surface area contributed by atoms with Crippen molar-refractivity contribution in [2.24, 2.45) is 0 Å². The van der Waals surface area contributed by atoms with Crippen molar-refractivity contribution < 1.29 is 17.9 Å². The summed E-state index contributed by atoms with van der Waals surface area (Å²) >= 11 is 5.77. The highest BCUT2D eigenvalue weighted by Gasteiger charge is 2.28. The molecule has 0 spiro atoms. The van der Waals surface area contributed by atoms with Gasteiger partial charge in [-0.3, -0.25) is 0 Å². The number of rotatable bonds is 7. The molecule has 1 aromatic rings. The third kappa shape index (κ3) is 5.75. The lowest BCUT2D eigenvalue weighted by Gasteiger charge is -2.31. The number of sulfonamides is 1. The normalized spacial score (nSPS) is 17.1. The molecular formula is C15H21ClN2O4S. The number of ketones is 1. The van der Waals surface area contributed by atoms with Crippen LogP contribution in [0.15, 0.2) is 18.3 Å². The van der Waals surface area contributed by atoms with Gasteiger partial charge in [0.15, 0.2) is 0 Å². The lowest BCUT2D eigenvalue weighted by Crippen LogP contribution is -2.42. The van der Waals surface area contributed by atoms with Gasteiger partial charge in [-0.2, -0.15) is 0 Å². The first-order valence-corrected chi connectivity index (χ1v) is 9.61. The van der Waals surface area contributed by atoms with Crippen LogP contribution in [0.3, 0.4) is 0 Å². The van der Waals surface area contributed by atoms with E-state index in [4.69, 9.17) is 16.3 Å². The van der Waals surface area contributed by atoms with E-state index in [0.29, 0.717) is 49.7 Å². The third-order valence-electron chi connectivity index (χ3n) is 3.71. The fourth-order valence-electron chi connectivity index (χ4n) is 2.46. The molecule has 8 heteroatoms. The predicted molar refractivity (Wildman–Crippen MR) is 88.2 cm³/mol. The van der Waals surface area contributed by atoms with Crippen molar-refractivity contribution in [1.82, 2.24) is 9.29 Å². The maximum atomic E-state index is 12.2. The molecule has 0 radical (unpaired) electrons. The number of carbonyl (C=O) groups is 1. The second-order valence-corrected chi connectivity index (χ2v) is 8.18. The SMILES string of the molecule is CC(=O)CCCS(=O)(=O)N1CCC(Oc2ccc(Cl)cn2)CC1. The minimum absolute atomic E-state index is 0.0165. The lowest BCUT2D eigenvalue weighted by atomic mass is 10.1. The van der Waals surface area contributed by atoms with Gasteiger partial charge in [0.05, 0.1) is 10.8 Å². The van der Waals surface area contributed by atoms with E-state index in [1.165, 1.54) is 17.4 Å². The molecule has 0 bridgehead atoms. The Morgan fingerprint density at radius 1 is 1.39 bits per heavy atom. The van der Waals surface area contributed by atoms with E-state index in [1.807, 2.05) is 0 Å². The number of nitrogens with zero attached hydrogens (tertiary/aromatic N) is 2. The summed E-state index contributed by atoms with van der Waals surface area (Å²) in [7, 11) is -3.29. The van der Waals surface area contributed by atoms with Crippen LogP contribution in [0, 0.1) is 0 Å². The second-order valence-electron chi connectivity index (χ2n) is 5.65. The van der Waals surface area contributed by atoms with Gasteiger partial charge in [-0.15, -0.1) is 0 Å². The van der Waals surface area contributed by atoms with E-state index in [2.05, 4.69) is 4.98 Å². The van der Waals surface area contributed by atoms with E-state index in [0.717, 1.165) is 0 Å². The van der Waals surface area contributed by atoms with E-state index in [-0.39, 0.29) is 17.6 Å². The van der Waals surface area contributed by atoms with Gasteiger partial charge in [-0.1, -0.05) is 11.6 Å². The van der Waals surface area contributed by atoms with Crippen molar-refractivity contribution in [2.45, 2.75) is 38.7 Å². The summed E-state index contributed by atoms with van der Waals surface area (Å²) in [5.74, 6) is 0.538. The molecule has 2 rings (SSSR count). The van der Waals surface area contributed by atoms with Gasteiger partial charge in [-0.05, 0) is 32.3 Å². The maximum absolute atomic E-state index is 12.2. The minimum atomic E-state index is -3.29. The third-order valence-corrected chi connectivity index (χ3v) is 5.89. The molecule has 23 heavy (non-hydrogen) atoms. The number of hydrogen-bond acceptors (Lipinski definition) is 5. The van der Waals surface area contributed by atoms with Crippen molar-refractivity contribution >= 4 is 27.4 Å². The highest BCUT2D eigenvalue weighted by Crippen LogP contribution is 2.20. The molecule has 0 unspecified atom stereocenters. The van der Waals surface area contributed by atoms with Gasteiger partial charge >= 0.3 is 0 Å². The molecule has 0 amide bonds. The second kappa shape index (κ2) is 8.08. The molecule has 1 fully saturated rings. The molecule has 128 valence electrons. The van der Waals surface area contributed by atoms with Crippen molar-refractivity contribution in [2.75, 3.05) is 18.8 Å². The van der Waals surface area contributed by atoms with Gasteiger partial charge in [0.1, 0.15) is 11.9 Å². The fraction of sp³-hybridized carbons (Fsp3) is 0.600. The van der Waals surface area contributed by atoms with Crippen LogP contribution in [0.1, 0.15) is 32.6 Å². The number of hydrogen-bond donors (Lipinski definition) is 0. The number of halogens is 1. The van der Waals surface area contributed by atoms with Gasteiger partial charge in [0.2, 0.25) is 15.9 Å². The molecule has 6 nitrogen and oxygen atoms in total. The smallest absolute Gasteiger partial charge is 0.214 e. The summed E-state index contributed by atoms with van der Waals surface area (Å²) in [4.78, 5) is 15.0. The Morgan fingerprint density at radius 3 is 2.65 bits per heavy atom. The number of carbonyl (C=O) groups excluding carboxylic acids is 1. The molecular weight excluding hydrogens is 340 g/mol. The van der Waals surface area contributed by atoms with Gasteiger partial charge < -0.3 is 9.53 Å². The summed E-state index contributed by atoms with van der Waals surface area (Å²) in [6.07, 6.45) is 3.40. The molecule has 0 N–H and O–H groups in total. The first-order chi connectivity index (χ1) is 10.9. The zero-order valence-corrected chi connectivity index (χ0v) is 14.6. The molecule has 0 aromatic carbocycles. The standard InChI is InChI=1S/C15H21ClN2O4S/c1-12(19)3-2-10-23(20,21)18-8-6-14(7-9-18)22-15-5-4-13(16)11-17-15/h4-5,11,14H,2-3,6-10H2,1H3. The van der Waals surface area contributed by atoms with Crippen LogP contribution in [0.5, 0.6) is 5.88 Å². The number of piperidine rings is 1. The molecule has 2 heterocycles. The van der Waals surface area contributed by atoms with Gasteiger partial charge in [0.25, 0.3) is 0 Å². The Hall–Kier alpha value is -1.18. The summed E-state index contributed by atoms with van der Waals surface area (Å²) in [5, 5.41) is 0.545. The summed E-state index contributed by atoms with van der Waals surface area (Å²) in [6, 6.07) is 3.41.